The predicted molar refractivity (Wildman–Crippen MR) is 31.4 cm³/mol. The number of rotatable bonds is 2. The lowest BCUT2D eigenvalue weighted by molar-refractivity contribution is -0.188. The zero-order valence-corrected chi connectivity index (χ0v) is 5.54. The lowest BCUT2D eigenvalue weighted by Gasteiger charge is -2.17. The molecular formula is C6H10F3N. The van der Waals surface area contributed by atoms with Crippen LogP contribution in [0.2, 0.25) is 0 Å². The van der Waals surface area contributed by atoms with Crippen LogP contribution in [0.1, 0.15) is 19.3 Å². The van der Waals surface area contributed by atoms with E-state index in [1.807, 2.05) is 0 Å². The van der Waals surface area contributed by atoms with Gasteiger partial charge >= 0.3 is 6.18 Å². The quantitative estimate of drug-likeness (QED) is 0.641. The molecule has 1 nitrogen and oxygen atoms in total. The van der Waals surface area contributed by atoms with Gasteiger partial charge in [-0.1, -0.05) is 0 Å². The molecule has 10 heavy (non-hydrogen) atoms. The Hall–Kier alpha value is -0.250. The molecule has 1 aliphatic carbocycles. The van der Waals surface area contributed by atoms with Crippen molar-refractivity contribution in [2.75, 3.05) is 6.54 Å². The van der Waals surface area contributed by atoms with Crippen LogP contribution in [0.4, 0.5) is 13.2 Å². The van der Waals surface area contributed by atoms with E-state index in [2.05, 4.69) is 0 Å². The Morgan fingerprint density at radius 3 is 1.90 bits per heavy atom. The molecule has 0 radical (unpaired) electrons. The van der Waals surface area contributed by atoms with Gasteiger partial charge in [-0.25, -0.2) is 0 Å². The molecule has 1 rings (SSSR count). The monoisotopic (exact) mass is 153 g/mol. The highest BCUT2D eigenvalue weighted by molar-refractivity contribution is 4.98. The molecule has 0 spiro atoms. The largest absolute Gasteiger partial charge is 0.394 e. The van der Waals surface area contributed by atoms with Crippen molar-refractivity contribution < 1.29 is 13.2 Å². The van der Waals surface area contributed by atoms with Gasteiger partial charge in [-0.15, -0.1) is 0 Å². The summed E-state index contributed by atoms with van der Waals surface area (Å²) < 4.78 is 36.1. The summed E-state index contributed by atoms with van der Waals surface area (Å²) in [5, 5.41) is 0. The van der Waals surface area contributed by atoms with Gasteiger partial charge in [-0.05, 0) is 25.8 Å². The first-order valence-corrected chi connectivity index (χ1v) is 3.29. The Morgan fingerprint density at radius 1 is 1.30 bits per heavy atom. The summed E-state index contributed by atoms with van der Waals surface area (Å²) >= 11 is 0. The Morgan fingerprint density at radius 2 is 1.80 bits per heavy atom. The maximum atomic E-state index is 12.0. The number of alkyl halides is 3. The minimum Gasteiger partial charge on any atom is -0.330 e. The van der Waals surface area contributed by atoms with Gasteiger partial charge in [0.15, 0.2) is 0 Å². The van der Waals surface area contributed by atoms with Gasteiger partial charge in [0.1, 0.15) is 0 Å². The van der Waals surface area contributed by atoms with E-state index >= 15 is 0 Å². The fourth-order valence-corrected chi connectivity index (χ4v) is 1.10. The normalized spacial score (nSPS) is 22.8. The van der Waals surface area contributed by atoms with Crippen LogP contribution in [-0.4, -0.2) is 12.7 Å². The van der Waals surface area contributed by atoms with Crippen LogP contribution < -0.4 is 5.73 Å². The fraction of sp³-hybridized carbons (Fsp3) is 1.00. The molecule has 0 aromatic rings. The third kappa shape index (κ3) is 1.12. The second-order valence-corrected chi connectivity index (χ2v) is 2.82. The average Bonchev–Trinajstić information content (AvgIpc) is 2.45. The minimum atomic E-state index is -4.02. The minimum absolute atomic E-state index is 0.0938. The molecular weight excluding hydrogens is 143 g/mol. The molecule has 0 heterocycles. The van der Waals surface area contributed by atoms with E-state index < -0.39 is 11.6 Å². The number of nitrogens with two attached hydrogens (primary N) is 1. The Labute approximate surface area is 57.4 Å². The smallest absolute Gasteiger partial charge is 0.330 e. The second-order valence-electron chi connectivity index (χ2n) is 2.82. The number of hydrogen-bond acceptors (Lipinski definition) is 1. The van der Waals surface area contributed by atoms with Crippen molar-refractivity contribution in [3.05, 3.63) is 0 Å². The fourth-order valence-electron chi connectivity index (χ4n) is 1.10. The highest BCUT2D eigenvalue weighted by atomic mass is 19.4. The first-order chi connectivity index (χ1) is 4.52. The van der Waals surface area contributed by atoms with Gasteiger partial charge in [0.05, 0.1) is 5.41 Å². The van der Waals surface area contributed by atoms with E-state index in [-0.39, 0.29) is 25.8 Å². The van der Waals surface area contributed by atoms with Crippen LogP contribution >= 0.6 is 0 Å². The lowest BCUT2D eigenvalue weighted by atomic mass is 10.0. The van der Waals surface area contributed by atoms with Crippen LogP contribution in [-0.2, 0) is 0 Å². The number of halogens is 3. The summed E-state index contributed by atoms with van der Waals surface area (Å²) in [5.41, 5.74) is 3.66. The first kappa shape index (κ1) is 7.85. The zero-order chi connectivity index (χ0) is 7.83. The molecule has 60 valence electrons. The van der Waals surface area contributed by atoms with Crippen LogP contribution in [0.25, 0.3) is 0 Å². The molecule has 0 aromatic heterocycles. The number of hydrogen-bond donors (Lipinski definition) is 1. The van der Waals surface area contributed by atoms with Gasteiger partial charge < -0.3 is 5.73 Å². The van der Waals surface area contributed by atoms with Crippen molar-refractivity contribution in [3.63, 3.8) is 0 Å². The Bertz CT molecular complexity index is 125. The molecule has 0 aliphatic heterocycles. The van der Waals surface area contributed by atoms with E-state index in [4.69, 9.17) is 5.73 Å². The molecule has 0 bridgehead atoms. The van der Waals surface area contributed by atoms with Gasteiger partial charge in [0.25, 0.3) is 0 Å². The third-order valence-corrected chi connectivity index (χ3v) is 2.08. The molecule has 0 atom stereocenters. The summed E-state index contributed by atoms with van der Waals surface area (Å²) in [7, 11) is 0. The van der Waals surface area contributed by atoms with Crippen molar-refractivity contribution in [2.24, 2.45) is 11.1 Å². The van der Waals surface area contributed by atoms with E-state index in [0.717, 1.165) is 0 Å². The van der Waals surface area contributed by atoms with E-state index in [1.165, 1.54) is 0 Å². The maximum Gasteiger partial charge on any atom is 0.394 e. The molecule has 1 aliphatic rings. The Kier molecular flexibility index (Phi) is 1.66. The van der Waals surface area contributed by atoms with Crippen molar-refractivity contribution in [1.82, 2.24) is 0 Å². The van der Waals surface area contributed by atoms with E-state index in [1.54, 1.807) is 0 Å². The summed E-state index contributed by atoms with van der Waals surface area (Å²) in [6.45, 7) is 0.138. The van der Waals surface area contributed by atoms with Crippen LogP contribution in [0.5, 0.6) is 0 Å². The van der Waals surface area contributed by atoms with Crippen molar-refractivity contribution in [2.45, 2.75) is 25.4 Å². The standard InChI is InChI=1S/C6H10F3N/c7-6(8,9)5(1-2-5)3-4-10/h1-4,10H2. The topological polar surface area (TPSA) is 26.0 Å². The van der Waals surface area contributed by atoms with E-state index in [0.29, 0.717) is 0 Å². The highest BCUT2D eigenvalue weighted by Gasteiger charge is 2.62. The van der Waals surface area contributed by atoms with Crippen LogP contribution in [0, 0.1) is 5.41 Å². The molecule has 0 unspecified atom stereocenters. The van der Waals surface area contributed by atoms with Crippen LogP contribution in [0.3, 0.4) is 0 Å². The molecule has 1 saturated carbocycles. The van der Waals surface area contributed by atoms with Gasteiger partial charge in [-0.2, -0.15) is 13.2 Å². The predicted octanol–water partition coefficient (Wildman–Crippen LogP) is 1.68. The molecule has 0 aromatic carbocycles. The summed E-state index contributed by atoms with van der Waals surface area (Å²) in [6.07, 6.45) is -3.38. The zero-order valence-electron chi connectivity index (χ0n) is 5.54. The van der Waals surface area contributed by atoms with Crippen molar-refractivity contribution in [3.8, 4) is 0 Å². The molecule has 1 fully saturated rings. The first-order valence-electron chi connectivity index (χ1n) is 3.29. The van der Waals surface area contributed by atoms with Crippen LogP contribution in [0.15, 0.2) is 0 Å². The summed E-state index contributed by atoms with van der Waals surface area (Å²) in [4.78, 5) is 0. The Balaban J connectivity index is 2.52. The van der Waals surface area contributed by atoms with Crippen molar-refractivity contribution >= 4 is 0 Å². The maximum absolute atomic E-state index is 12.0. The summed E-state index contributed by atoms with van der Waals surface area (Å²) in [5.74, 6) is 0. The van der Waals surface area contributed by atoms with E-state index in [9.17, 15) is 13.2 Å². The average molecular weight is 153 g/mol. The molecule has 4 heteroatoms. The molecule has 0 amide bonds. The van der Waals surface area contributed by atoms with Gasteiger partial charge in [-0.3, -0.25) is 0 Å². The third-order valence-electron chi connectivity index (χ3n) is 2.08. The second kappa shape index (κ2) is 2.12. The highest BCUT2D eigenvalue weighted by Crippen LogP contribution is 2.59. The SMILES string of the molecule is NCCC1(C(F)(F)F)CC1. The van der Waals surface area contributed by atoms with Crippen molar-refractivity contribution in [1.29, 1.82) is 0 Å². The van der Waals surface area contributed by atoms with Gasteiger partial charge in [0.2, 0.25) is 0 Å². The lowest BCUT2D eigenvalue weighted by Crippen LogP contribution is -2.26. The molecule has 2 N–H and O–H groups in total. The molecule has 0 saturated heterocycles. The summed E-state index contributed by atoms with van der Waals surface area (Å²) in [6, 6.07) is 0. The van der Waals surface area contributed by atoms with Gasteiger partial charge in [0, 0.05) is 0 Å².